The van der Waals surface area contributed by atoms with E-state index in [0.29, 0.717) is 24.3 Å². The Morgan fingerprint density at radius 2 is 1.58 bits per heavy atom. The van der Waals surface area contributed by atoms with Gasteiger partial charge in [-0.3, -0.25) is 9.59 Å². The maximum atomic E-state index is 13.0. The normalized spacial score (nSPS) is 17.4. The van der Waals surface area contributed by atoms with Crippen LogP contribution in [0.5, 0.6) is 11.5 Å². The van der Waals surface area contributed by atoms with Crippen LogP contribution in [-0.4, -0.2) is 11.6 Å². The molecule has 1 aliphatic carbocycles. The third-order valence-electron chi connectivity index (χ3n) is 4.81. The topological polar surface area (TPSA) is 43.4 Å². The summed E-state index contributed by atoms with van der Waals surface area (Å²) in [7, 11) is 0. The van der Waals surface area contributed by atoms with E-state index < -0.39 is 5.92 Å². The highest BCUT2D eigenvalue weighted by Gasteiger charge is 2.41. The zero-order chi connectivity index (χ0) is 18.9. The molecule has 0 radical (unpaired) electrons. The Hall–Kier alpha value is -2.49. The molecule has 4 heteroatoms. The van der Waals surface area contributed by atoms with Crippen LogP contribution in [0.1, 0.15) is 50.7 Å². The molecule has 136 valence electrons. The lowest BCUT2D eigenvalue weighted by atomic mass is 9.69. The number of aryl methyl sites for hydroxylation is 1. The zero-order valence-electron chi connectivity index (χ0n) is 15.3. The van der Waals surface area contributed by atoms with Gasteiger partial charge in [-0.05, 0) is 59.4 Å². The first-order valence-corrected chi connectivity index (χ1v) is 8.91. The van der Waals surface area contributed by atoms with Gasteiger partial charge in [-0.1, -0.05) is 26.8 Å². The minimum Gasteiger partial charge on any atom is -0.457 e. The van der Waals surface area contributed by atoms with Gasteiger partial charge < -0.3 is 4.74 Å². The van der Waals surface area contributed by atoms with Crippen LogP contribution in [-0.2, 0) is 16.0 Å². The summed E-state index contributed by atoms with van der Waals surface area (Å²) in [6.07, 6.45) is 1.53. The van der Waals surface area contributed by atoms with Gasteiger partial charge >= 0.3 is 0 Å². The molecule has 1 aliphatic rings. The fourth-order valence-corrected chi connectivity index (χ4v) is 3.60. The van der Waals surface area contributed by atoms with Gasteiger partial charge in [0.15, 0.2) is 0 Å². The van der Waals surface area contributed by atoms with Gasteiger partial charge in [0.05, 0.1) is 0 Å². The summed E-state index contributed by atoms with van der Waals surface area (Å²) in [5.41, 5.74) is 1.43. The van der Waals surface area contributed by atoms with E-state index in [4.69, 9.17) is 4.74 Å². The summed E-state index contributed by atoms with van der Waals surface area (Å²) in [6, 6.07) is 11.2. The molecular weight excluding hydrogens is 331 g/mol. The van der Waals surface area contributed by atoms with E-state index in [1.807, 2.05) is 32.9 Å². The monoisotopic (exact) mass is 354 g/mol. The molecule has 3 nitrogen and oxygen atoms in total. The number of benzene rings is 2. The number of carbonyl (C=O) groups is 2. The Morgan fingerprint density at radius 3 is 2.15 bits per heavy atom. The van der Waals surface area contributed by atoms with Gasteiger partial charge in [0.25, 0.3) is 0 Å². The molecule has 0 saturated heterocycles. The van der Waals surface area contributed by atoms with E-state index in [0.717, 1.165) is 17.5 Å². The summed E-state index contributed by atoms with van der Waals surface area (Å²) in [5, 5.41) is 0. The van der Waals surface area contributed by atoms with Gasteiger partial charge in [-0.15, -0.1) is 0 Å². The molecule has 26 heavy (non-hydrogen) atoms. The van der Waals surface area contributed by atoms with Crippen LogP contribution in [0.25, 0.3) is 0 Å². The van der Waals surface area contributed by atoms with Crippen molar-refractivity contribution in [3.05, 3.63) is 59.4 Å². The number of hydrogen-bond acceptors (Lipinski definition) is 3. The average molecular weight is 354 g/mol. The molecule has 0 aliphatic heterocycles. The first kappa shape index (κ1) is 18.3. The summed E-state index contributed by atoms with van der Waals surface area (Å²) in [5.74, 6) is -0.0619. The highest BCUT2D eigenvalue weighted by Crippen LogP contribution is 2.40. The highest BCUT2D eigenvalue weighted by molar-refractivity contribution is 6.10. The van der Waals surface area contributed by atoms with Crippen molar-refractivity contribution in [1.29, 1.82) is 0 Å². The lowest BCUT2D eigenvalue weighted by Crippen LogP contribution is -2.36. The van der Waals surface area contributed by atoms with Gasteiger partial charge in [-0.25, -0.2) is 4.39 Å². The van der Waals surface area contributed by atoms with E-state index in [1.54, 1.807) is 18.2 Å². The standard InChI is InChI=1S/C22H23FO3/c1-4-14-5-8-17(26-16-9-6-15(23)7-10-16)11-18(14)21-19(24)12-22(2,3)13-20(21)25/h5-11,21H,4,12-13H2,1-3H3. The Morgan fingerprint density at radius 1 is 1.00 bits per heavy atom. The molecule has 0 bridgehead atoms. The molecular formula is C22H23FO3. The van der Waals surface area contributed by atoms with Crippen molar-refractivity contribution < 1.29 is 18.7 Å². The first-order chi connectivity index (χ1) is 12.3. The van der Waals surface area contributed by atoms with E-state index in [1.165, 1.54) is 12.1 Å². The zero-order valence-corrected chi connectivity index (χ0v) is 15.3. The lowest BCUT2D eigenvalue weighted by molar-refractivity contribution is -0.135. The molecule has 3 rings (SSSR count). The number of hydrogen-bond donors (Lipinski definition) is 0. The molecule has 0 amide bonds. The van der Waals surface area contributed by atoms with Gasteiger partial charge in [-0.2, -0.15) is 0 Å². The molecule has 1 saturated carbocycles. The Balaban J connectivity index is 1.94. The van der Waals surface area contributed by atoms with Crippen molar-refractivity contribution in [2.24, 2.45) is 5.41 Å². The molecule has 0 spiro atoms. The van der Waals surface area contributed by atoms with E-state index in [-0.39, 0.29) is 22.8 Å². The van der Waals surface area contributed by atoms with Crippen molar-refractivity contribution in [2.75, 3.05) is 0 Å². The van der Waals surface area contributed by atoms with Gasteiger partial charge in [0.2, 0.25) is 0 Å². The van der Waals surface area contributed by atoms with Crippen LogP contribution < -0.4 is 4.74 Å². The van der Waals surface area contributed by atoms with Crippen LogP contribution in [0, 0.1) is 11.2 Å². The van der Waals surface area contributed by atoms with Crippen LogP contribution >= 0.6 is 0 Å². The summed E-state index contributed by atoms with van der Waals surface area (Å²) >= 11 is 0. The van der Waals surface area contributed by atoms with Crippen molar-refractivity contribution in [2.45, 2.75) is 46.0 Å². The van der Waals surface area contributed by atoms with Crippen LogP contribution in [0.3, 0.4) is 0 Å². The predicted octanol–water partition coefficient (Wildman–Crippen LogP) is 5.22. The average Bonchev–Trinajstić information content (AvgIpc) is 2.55. The molecule has 0 atom stereocenters. The fourth-order valence-electron chi connectivity index (χ4n) is 3.60. The van der Waals surface area contributed by atoms with Gasteiger partial charge in [0, 0.05) is 12.8 Å². The molecule has 0 heterocycles. The number of ketones is 2. The molecule has 2 aromatic carbocycles. The maximum absolute atomic E-state index is 13.0. The summed E-state index contributed by atoms with van der Waals surface area (Å²) in [6.45, 7) is 5.91. The van der Waals surface area contributed by atoms with Crippen molar-refractivity contribution in [3.63, 3.8) is 0 Å². The Kier molecular flexibility index (Phi) is 4.94. The second kappa shape index (κ2) is 7.02. The molecule has 0 aromatic heterocycles. The van der Waals surface area contributed by atoms with Crippen molar-refractivity contribution in [1.82, 2.24) is 0 Å². The fraction of sp³-hybridized carbons (Fsp3) is 0.364. The van der Waals surface area contributed by atoms with Crippen LogP contribution in [0.2, 0.25) is 0 Å². The number of Topliss-reactive ketones (excluding diaryl/α,β-unsaturated/α-hetero) is 2. The molecule has 1 fully saturated rings. The third kappa shape index (κ3) is 3.85. The van der Waals surface area contributed by atoms with Gasteiger partial charge in [0.1, 0.15) is 34.8 Å². The van der Waals surface area contributed by atoms with E-state index in [9.17, 15) is 14.0 Å². The number of rotatable bonds is 4. The lowest BCUT2D eigenvalue weighted by Gasteiger charge is -2.33. The minimum atomic E-state index is -0.713. The van der Waals surface area contributed by atoms with Crippen molar-refractivity contribution >= 4 is 11.6 Å². The quantitative estimate of drug-likeness (QED) is 0.707. The van der Waals surface area contributed by atoms with Crippen molar-refractivity contribution in [3.8, 4) is 11.5 Å². The second-order valence-electron chi connectivity index (χ2n) is 7.65. The number of carbonyl (C=O) groups excluding carboxylic acids is 2. The minimum absolute atomic E-state index is 0.0279. The third-order valence-corrected chi connectivity index (χ3v) is 4.81. The Labute approximate surface area is 153 Å². The number of ether oxygens (including phenoxy) is 1. The molecule has 0 unspecified atom stereocenters. The summed E-state index contributed by atoms with van der Waals surface area (Å²) < 4.78 is 18.8. The Bertz CT molecular complexity index is 817. The maximum Gasteiger partial charge on any atom is 0.148 e. The molecule has 0 N–H and O–H groups in total. The molecule has 2 aromatic rings. The second-order valence-corrected chi connectivity index (χ2v) is 7.65. The first-order valence-electron chi connectivity index (χ1n) is 8.91. The highest BCUT2D eigenvalue weighted by atomic mass is 19.1. The smallest absolute Gasteiger partial charge is 0.148 e. The predicted molar refractivity (Wildman–Crippen MR) is 98.1 cm³/mol. The van der Waals surface area contributed by atoms with E-state index >= 15 is 0 Å². The SMILES string of the molecule is CCc1ccc(Oc2ccc(F)cc2)cc1C1C(=O)CC(C)(C)CC1=O. The van der Waals surface area contributed by atoms with E-state index in [2.05, 4.69) is 0 Å². The number of halogens is 1. The largest absolute Gasteiger partial charge is 0.457 e. The van der Waals surface area contributed by atoms with Crippen LogP contribution in [0.4, 0.5) is 4.39 Å². The van der Waals surface area contributed by atoms with Crippen LogP contribution in [0.15, 0.2) is 42.5 Å². The summed E-state index contributed by atoms with van der Waals surface area (Å²) in [4.78, 5) is 25.4.